The van der Waals surface area contributed by atoms with Crippen molar-refractivity contribution in [2.45, 2.75) is 58.1 Å². The molecule has 2 aliphatic rings. The summed E-state index contributed by atoms with van der Waals surface area (Å²) < 4.78 is 5.10. The molecule has 0 radical (unpaired) electrons. The Hall–Kier alpha value is -1.26. The minimum Gasteiger partial charge on any atom is -0.480 e. The standard InChI is InChI=1S/C14H23NO4/c1-14(2,3)19-13(18)15-11(12(16)17)7-10-8-5-4-6-9(8)10/h8-11H,4-7H2,1-3H3,(H,15,18)(H,16,17). The molecule has 1 amide bonds. The fourth-order valence-electron chi connectivity index (χ4n) is 3.26. The highest BCUT2D eigenvalue weighted by molar-refractivity contribution is 5.80. The number of carboxylic acid groups (broad SMARTS) is 1. The monoisotopic (exact) mass is 269 g/mol. The fraction of sp³-hybridized carbons (Fsp3) is 0.857. The molecule has 0 aromatic rings. The van der Waals surface area contributed by atoms with Crippen molar-refractivity contribution >= 4 is 12.1 Å². The first-order chi connectivity index (χ1) is 8.78. The van der Waals surface area contributed by atoms with Gasteiger partial charge in [0.25, 0.3) is 0 Å². The van der Waals surface area contributed by atoms with E-state index in [1.165, 1.54) is 19.3 Å². The molecule has 108 valence electrons. The molecule has 0 bridgehead atoms. The van der Waals surface area contributed by atoms with Crippen LogP contribution < -0.4 is 5.32 Å². The number of ether oxygens (including phenoxy) is 1. The van der Waals surface area contributed by atoms with Crippen molar-refractivity contribution in [3.05, 3.63) is 0 Å². The molecular weight excluding hydrogens is 246 g/mol. The summed E-state index contributed by atoms with van der Waals surface area (Å²) in [5.41, 5.74) is -0.608. The Morgan fingerprint density at radius 1 is 1.32 bits per heavy atom. The van der Waals surface area contributed by atoms with Crippen LogP contribution in [0.1, 0.15) is 46.5 Å². The van der Waals surface area contributed by atoms with E-state index in [4.69, 9.17) is 4.74 Å². The smallest absolute Gasteiger partial charge is 0.408 e. The Labute approximate surface area is 113 Å². The summed E-state index contributed by atoms with van der Waals surface area (Å²) in [6.07, 6.45) is 3.58. The summed E-state index contributed by atoms with van der Waals surface area (Å²) in [4.78, 5) is 22.8. The van der Waals surface area contributed by atoms with Crippen LogP contribution in [-0.2, 0) is 9.53 Å². The van der Waals surface area contributed by atoms with Crippen molar-refractivity contribution in [1.82, 2.24) is 5.32 Å². The summed E-state index contributed by atoms with van der Waals surface area (Å²) in [5.74, 6) is 0.894. The van der Waals surface area contributed by atoms with Gasteiger partial charge >= 0.3 is 12.1 Å². The average molecular weight is 269 g/mol. The molecule has 2 fully saturated rings. The van der Waals surface area contributed by atoms with E-state index in [0.717, 1.165) is 0 Å². The van der Waals surface area contributed by atoms with Gasteiger partial charge in [0.15, 0.2) is 0 Å². The first-order valence-electron chi connectivity index (χ1n) is 7.00. The molecule has 3 unspecified atom stereocenters. The summed E-state index contributed by atoms with van der Waals surface area (Å²) in [6.45, 7) is 5.27. The van der Waals surface area contributed by atoms with E-state index in [0.29, 0.717) is 24.2 Å². The van der Waals surface area contributed by atoms with Gasteiger partial charge in [0.2, 0.25) is 0 Å². The maximum Gasteiger partial charge on any atom is 0.408 e. The lowest BCUT2D eigenvalue weighted by atomic mass is 10.0. The lowest BCUT2D eigenvalue weighted by Gasteiger charge is -2.22. The van der Waals surface area contributed by atoms with Gasteiger partial charge in [0.1, 0.15) is 11.6 Å². The van der Waals surface area contributed by atoms with Gasteiger partial charge in [-0.05, 0) is 57.8 Å². The molecule has 0 heterocycles. The Morgan fingerprint density at radius 2 is 1.89 bits per heavy atom. The second-order valence-corrected chi connectivity index (χ2v) is 6.70. The maximum atomic E-state index is 11.6. The molecule has 0 saturated heterocycles. The van der Waals surface area contributed by atoms with Crippen molar-refractivity contribution in [3.8, 4) is 0 Å². The average Bonchev–Trinajstić information content (AvgIpc) is 2.70. The number of hydrogen-bond donors (Lipinski definition) is 2. The highest BCUT2D eigenvalue weighted by Crippen LogP contribution is 2.59. The van der Waals surface area contributed by atoms with Crippen LogP contribution >= 0.6 is 0 Å². The Balaban J connectivity index is 1.83. The van der Waals surface area contributed by atoms with Crippen LogP contribution in [0.4, 0.5) is 4.79 Å². The van der Waals surface area contributed by atoms with Gasteiger partial charge in [-0.3, -0.25) is 0 Å². The number of rotatable bonds is 4. The number of aliphatic carboxylic acids is 1. The minimum atomic E-state index is -0.976. The number of carboxylic acids is 1. The SMILES string of the molecule is CC(C)(C)OC(=O)NC(CC1C2CCCC21)C(=O)O. The van der Waals surface area contributed by atoms with Crippen LogP contribution in [0.15, 0.2) is 0 Å². The zero-order valence-electron chi connectivity index (χ0n) is 11.8. The van der Waals surface area contributed by atoms with Gasteiger partial charge in [-0.2, -0.15) is 0 Å². The molecule has 2 aliphatic carbocycles. The second kappa shape index (κ2) is 5.02. The minimum absolute atomic E-state index is 0.477. The van der Waals surface area contributed by atoms with Crippen molar-refractivity contribution in [2.75, 3.05) is 0 Å². The van der Waals surface area contributed by atoms with Gasteiger partial charge in [0.05, 0.1) is 0 Å². The molecule has 5 heteroatoms. The van der Waals surface area contributed by atoms with Crippen LogP contribution in [0.5, 0.6) is 0 Å². The van der Waals surface area contributed by atoms with E-state index >= 15 is 0 Å². The van der Waals surface area contributed by atoms with Crippen LogP contribution in [0, 0.1) is 17.8 Å². The third-order valence-corrected chi connectivity index (χ3v) is 4.08. The molecule has 0 aliphatic heterocycles. The number of carbonyl (C=O) groups is 2. The summed E-state index contributed by atoms with van der Waals surface area (Å²) >= 11 is 0. The van der Waals surface area contributed by atoms with Crippen LogP contribution in [0.3, 0.4) is 0 Å². The maximum absolute atomic E-state index is 11.6. The molecule has 2 N–H and O–H groups in total. The molecule has 0 aromatic carbocycles. The molecule has 0 spiro atoms. The van der Waals surface area contributed by atoms with Crippen molar-refractivity contribution < 1.29 is 19.4 Å². The lowest BCUT2D eigenvalue weighted by Crippen LogP contribution is -2.43. The fourth-order valence-corrected chi connectivity index (χ4v) is 3.26. The predicted molar refractivity (Wildman–Crippen MR) is 69.7 cm³/mol. The zero-order chi connectivity index (χ0) is 14.2. The van der Waals surface area contributed by atoms with E-state index in [2.05, 4.69) is 5.32 Å². The molecule has 0 aromatic heterocycles. The van der Waals surface area contributed by atoms with E-state index in [1.54, 1.807) is 20.8 Å². The largest absolute Gasteiger partial charge is 0.480 e. The highest BCUT2D eigenvalue weighted by Gasteiger charge is 2.53. The number of nitrogens with one attached hydrogen (secondary N) is 1. The number of hydrogen-bond acceptors (Lipinski definition) is 3. The third-order valence-electron chi connectivity index (χ3n) is 4.08. The highest BCUT2D eigenvalue weighted by atomic mass is 16.6. The Kier molecular flexibility index (Phi) is 3.74. The topological polar surface area (TPSA) is 75.6 Å². The van der Waals surface area contributed by atoms with Gasteiger partial charge in [0, 0.05) is 0 Å². The lowest BCUT2D eigenvalue weighted by molar-refractivity contribution is -0.139. The van der Waals surface area contributed by atoms with Crippen molar-refractivity contribution in [3.63, 3.8) is 0 Å². The summed E-state index contributed by atoms with van der Waals surface area (Å²) in [5, 5.41) is 11.7. The molecule has 19 heavy (non-hydrogen) atoms. The summed E-state index contributed by atoms with van der Waals surface area (Å²) in [7, 11) is 0. The molecule has 2 rings (SSSR count). The van der Waals surface area contributed by atoms with Crippen LogP contribution in [-0.4, -0.2) is 28.8 Å². The van der Waals surface area contributed by atoms with Gasteiger partial charge < -0.3 is 15.2 Å². The van der Waals surface area contributed by atoms with Gasteiger partial charge in [-0.1, -0.05) is 6.42 Å². The molecule has 2 saturated carbocycles. The Morgan fingerprint density at radius 3 is 2.37 bits per heavy atom. The van der Waals surface area contributed by atoms with E-state index < -0.39 is 23.7 Å². The van der Waals surface area contributed by atoms with E-state index in [9.17, 15) is 14.7 Å². The molecular formula is C14H23NO4. The van der Waals surface area contributed by atoms with Crippen LogP contribution in [0.25, 0.3) is 0 Å². The number of carbonyl (C=O) groups excluding carboxylic acids is 1. The van der Waals surface area contributed by atoms with E-state index in [1.807, 2.05) is 0 Å². The Bertz CT molecular complexity index is 364. The zero-order valence-corrected chi connectivity index (χ0v) is 11.8. The third kappa shape index (κ3) is 3.61. The summed E-state index contributed by atoms with van der Waals surface area (Å²) in [6, 6.07) is -0.828. The predicted octanol–water partition coefficient (Wildman–Crippen LogP) is 2.40. The van der Waals surface area contributed by atoms with Crippen LogP contribution in [0.2, 0.25) is 0 Å². The second-order valence-electron chi connectivity index (χ2n) is 6.70. The number of amides is 1. The number of alkyl carbamates (subject to hydrolysis) is 1. The van der Waals surface area contributed by atoms with Crippen molar-refractivity contribution in [1.29, 1.82) is 0 Å². The first-order valence-corrected chi connectivity index (χ1v) is 7.00. The van der Waals surface area contributed by atoms with Crippen molar-refractivity contribution in [2.24, 2.45) is 17.8 Å². The number of fused-ring (bicyclic) bond motifs is 1. The molecule has 5 nitrogen and oxygen atoms in total. The quantitative estimate of drug-likeness (QED) is 0.821. The first kappa shape index (κ1) is 14.2. The normalized spacial score (nSPS) is 30.4. The van der Waals surface area contributed by atoms with Gasteiger partial charge in [-0.15, -0.1) is 0 Å². The molecule has 3 atom stereocenters. The van der Waals surface area contributed by atoms with E-state index in [-0.39, 0.29) is 0 Å². The van der Waals surface area contributed by atoms with Gasteiger partial charge in [-0.25, -0.2) is 9.59 Å².